The molecule has 0 aliphatic carbocycles. The lowest BCUT2D eigenvalue weighted by Crippen LogP contribution is -2.35. The van der Waals surface area contributed by atoms with Crippen LogP contribution < -0.4 is 0 Å². The fourth-order valence-electron chi connectivity index (χ4n) is 2.54. The molecule has 0 saturated carbocycles. The van der Waals surface area contributed by atoms with Crippen LogP contribution in [0.2, 0.25) is 0 Å². The number of nitrogens with zero attached hydrogens (tertiary/aromatic N) is 1. The van der Waals surface area contributed by atoms with Crippen molar-refractivity contribution in [3.63, 3.8) is 0 Å². The number of amides is 1. The Kier molecular flexibility index (Phi) is 5.00. The van der Waals surface area contributed by atoms with Crippen molar-refractivity contribution in [1.29, 1.82) is 0 Å². The molecule has 9 nitrogen and oxygen atoms in total. The molecule has 0 atom stereocenters. The summed E-state index contributed by atoms with van der Waals surface area (Å²) in [6.07, 6.45) is 1.24. The molecule has 1 aliphatic rings. The first-order valence-corrected chi connectivity index (χ1v) is 9.35. The molecule has 0 fully saturated rings. The molecule has 2 heterocycles. The van der Waals surface area contributed by atoms with E-state index in [4.69, 9.17) is 13.9 Å². The third kappa shape index (κ3) is 3.43. The Hall–Kier alpha value is -3.14. The minimum atomic E-state index is -4.11. The predicted octanol–water partition coefficient (Wildman–Crippen LogP) is 1.34. The Bertz CT molecular complexity index is 1010. The molecule has 1 aromatic heterocycles. The molecule has 10 heteroatoms. The van der Waals surface area contributed by atoms with E-state index in [1.54, 1.807) is 6.92 Å². The zero-order valence-electron chi connectivity index (χ0n) is 14.2. The third-order valence-corrected chi connectivity index (χ3v) is 5.58. The zero-order chi connectivity index (χ0) is 19.6. The van der Waals surface area contributed by atoms with E-state index in [-0.39, 0.29) is 28.4 Å². The molecule has 0 N–H and O–H groups in total. The second-order valence-electron chi connectivity index (χ2n) is 5.45. The van der Waals surface area contributed by atoms with Gasteiger partial charge in [0, 0.05) is 0 Å². The average molecular weight is 393 g/mol. The van der Waals surface area contributed by atoms with E-state index in [2.05, 4.69) is 0 Å². The van der Waals surface area contributed by atoms with Gasteiger partial charge in [-0.25, -0.2) is 17.5 Å². The summed E-state index contributed by atoms with van der Waals surface area (Å²) in [7, 11) is -4.11. The van der Waals surface area contributed by atoms with Crippen molar-refractivity contribution in [2.45, 2.75) is 18.4 Å². The standard InChI is InChI=1S/C17H15NO8S/c1-2-24-17(21)11-7-8-25-13(11)10-26-15(19)9-18-16(20)12-5-3-4-6-14(12)27(18,22)23/h3-8H,2,9-10H2,1H3. The number of esters is 2. The minimum absolute atomic E-state index is 0.000863. The van der Waals surface area contributed by atoms with E-state index in [0.717, 1.165) is 0 Å². The molecule has 1 aromatic carbocycles. The molecule has 2 aromatic rings. The van der Waals surface area contributed by atoms with Gasteiger partial charge in [-0.2, -0.15) is 0 Å². The molecule has 1 amide bonds. The van der Waals surface area contributed by atoms with Crippen LogP contribution in [0.25, 0.3) is 0 Å². The first-order valence-electron chi connectivity index (χ1n) is 7.91. The van der Waals surface area contributed by atoms with Crippen LogP contribution in [-0.4, -0.2) is 43.7 Å². The smallest absolute Gasteiger partial charge is 0.341 e. The third-order valence-electron chi connectivity index (χ3n) is 3.79. The van der Waals surface area contributed by atoms with E-state index >= 15 is 0 Å². The molecule has 0 radical (unpaired) electrons. The number of sulfonamides is 1. The molecule has 0 unspecified atom stereocenters. The molecule has 27 heavy (non-hydrogen) atoms. The molecule has 0 saturated heterocycles. The summed E-state index contributed by atoms with van der Waals surface area (Å²) < 4.78 is 40.1. The van der Waals surface area contributed by atoms with Crippen LogP contribution in [0, 0.1) is 0 Å². The number of carbonyl (C=O) groups excluding carboxylic acids is 3. The van der Waals surface area contributed by atoms with E-state index in [0.29, 0.717) is 4.31 Å². The van der Waals surface area contributed by atoms with E-state index in [1.165, 1.54) is 36.6 Å². The van der Waals surface area contributed by atoms with Crippen molar-refractivity contribution in [2.75, 3.05) is 13.2 Å². The largest absolute Gasteiger partial charge is 0.465 e. The van der Waals surface area contributed by atoms with Crippen molar-refractivity contribution in [3.8, 4) is 0 Å². The van der Waals surface area contributed by atoms with Gasteiger partial charge in [-0.1, -0.05) is 12.1 Å². The van der Waals surface area contributed by atoms with Gasteiger partial charge < -0.3 is 13.9 Å². The van der Waals surface area contributed by atoms with Crippen LogP contribution in [0.5, 0.6) is 0 Å². The molecular weight excluding hydrogens is 378 g/mol. The fourth-order valence-corrected chi connectivity index (χ4v) is 4.05. The van der Waals surface area contributed by atoms with Gasteiger partial charge >= 0.3 is 11.9 Å². The summed E-state index contributed by atoms with van der Waals surface area (Å²) in [6.45, 7) is 0.613. The van der Waals surface area contributed by atoms with Crippen LogP contribution in [0.1, 0.15) is 33.4 Å². The number of hydrogen-bond acceptors (Lipinski definition) is 8. The summed E-state index contributed by atoms with van der Waals surface area (Å²) >= 11 is 0. The summed E-state index contributed by atoms with van der Waals surface area (Å²) in [5.74, 6) is -2.34. The Balaban J connectivity index is 1.67. The Labute approximate surface area is 154 Å². The number of hydrogen-bond donors (Lipinski definition) is 0. The number of carbonyl (C=O) groups is 3. The first kappa shape index (κ1) is 18.6. The van der Waals surface area contributed by atoms with Gasteiger partial charge in [-0.05, 0) is 25.1 Å². The maximum absolute atomic E-state index is 12.4. The van der Waals surface area contributed by atoms with Gasteiger partial charge in [0.2, 0.25) is 0 Å². The maximum atomic E-state index is 12.4. The highest BCUT2D eigenvalue weighted by molar-refractivity contribution is 7.90. The van der Waals surface area contributed by atoms with Gasteiger partial charge in [0.15, 0.2) is 5.76 Å². The fraction of sp³-hybridized carbons (Fsp3) is 0.235. The summed E-state index contributed by atoms with van der Waals surface area (Å²) in [5, 5.41) is 0. The topological polar surface area (TPSA) is 120 Å². The lowest BCUT2D eigenvalue weighted by molar-refractivity contribution is -0.145. The second-order valence-corrected chi connectivity index (χ2v) is 7.28. The minimum Gasteiger partial charge on any atom is -0.465 e. The quantitative estimate of drug-likeness (QED) is 0.674. The van der Waals surface area contributed by atoms with Gasteiger partial charge in [0.25, 0.3) is 15.9 Å². The van der Waals surface area contributed by atoms with Gasteiger partial charge in [-0.3, -0.25) is 9.59 Å². The summed E-state index contributed by atoms with van der Waals surface area (Å²) in [4.78, 5) is 35.9. The second kappa shape index (κ2) is 7.23. The van der Waals surface area contributed by atoms with Crippen LogP contribution in [0.4, 0.5) is 0 Å². The Morgan fingerprint density at radius 2 is 1.89 bits per heavy atom. The normalized spacial score (nSPS) is 14.7. The van der Waals surface area contributed by atoms with Gasteiger partial charge in [0.05, 0.1) is 18.4 Å². The number of fused-ring (bicyclic) bond motifs is 1. The van der Waals surface area contributed by atoms with Crippen LogP contribution in [-0.2, 0) is 30.9 Å². The van der Waals surface area contributed by atoms with E-state index in [1.807, 2.05) is 0 Å². The van der Waals surface area contributed by atoms with E-state index < -0.39 is 41.0 Å². The monoisotopic (exact) mass is 393 g/mol. The highest BCUT2D eigenvalue weighted by atomic mass is 32.2. The van der Waals surface area contributed by atoms with Crippen molar-refractivity contribution in [2.24, 2.45) is 0 Å². The van der Waals surface area contributed by atoms with Crippen LogP contribution >= 0.6 is 0 Å². The predicted molar refractivity (Wildman–Crippen MR) is 89.1 cm³/mol. The number of ether oxygens (including phenoxy) is 2. The molecule has 1 aliphatic heterocycles. The van der Waals surface area contributed by atoms with Crippen molar-refractivity contribution < 1.29 is 36.7 Å². The van der Waals surface area contributed by atoms with Gasteiger partial charge in [-0.15, -0.1) is 0 Å². The molecule has 3 rings (SSSR count). The van der Waals surface area contributed by atoms with Crippen molar-refractivity contribution in [1.82, 2.24) is 4.31 Å². The Morgan fingerprint density at radius 3 is 2.59 bits per heavy atom. The van der Waals surface area contributed by atoms with E-state index in [9.17, 15) is 22.8 Å². The van der Waals surface area contributed by atoms with Crippen molar-refractivity contribution in [3.05, 3.63) is 53.5 Å². The molecule has 142 valence electrons. The maximum Gasteiger partial charge on any atom is 0.341 e. The highest BCUT2D eigenvalue weighted by Gasteiger charge is 2.42. The summed E-state index contributed by atoms with van der Waals surface area (Å²) in [5.41, 5.74) is 0.0999. The lowest BCUT2D eigenvalue weighted by Gasteiger charge is -2.14. The first-order chi connectivity index (χ1) is 12.9. The van der Waals surface area contributed by atoms with Gasteiger partial charge in [0.1, 0.15) is 23.6 Å². The van der Waals surface area contributed by atoms with Crippen molar-refractivity contribution >= 4 is 27.9 Å². The van der Waals surface area contributed by atoms with Crippen LogP contribution in [0.15, 0.2) is 45.9 Å². The lowest BCUT2D eigenvalue weighted by atomic mass is 10.2. The summed E-state index contributed by atoms with van der Waals surface area (Å²) in [6, 6.07) is 7.05. The SMILES string of the molecule is CCOC(=O)c1ccoc1COC(=O)CN1C(=O)c2ccccc2S1(=O)=O. The molecular formula is C17H15NO8S. The zero-order valence-corrected chi connectivity index (χ0v) is 15.0. The average Bonchev–Trinajstić information content (AvgIpc) is 3.18. The highest BCUT2D eigenvalue weighted by Crippen LogP contribution is 2.29. The Morgan fingerprint density at radius 1 is 1.15 bits per heavy atom. The molecule has 0 spiro atoms. The number of rotatable bonds is 6. The van der Waals surface area contributed by atoms with Crippen LogP contribution in [0.3, 0.4) is 0 Å². The number of furan rings is 1. The number of benzene rings is 1. The molecule has 0 bridgehead atoms.